The Morgan fingerprint density at radius 3 is 2.56 bits per heavy atom. The number of nitrogens with one attached hydrogen (secondary N) is 2. The summed E-state index contributed by atoms with van der Waals surface area (Å²) in [6, 6.07) is 9.49. The molecule has 3 amide bonds. The summed E-state index contributed by atoms with van der Waals surface area (Å²) < 4.78 is 23.4. The molecular weight excluding hydrogens is 353 g/mol. The van der Waals surface area contributed by atoms with Crippen LogP contribution < -0.4 is 25.0 Å². The zero-order chi connectivity index (χ0) is 19.4. The molecule has 1 saturated heterocycles. The number of urea groups is 1. The summed E-state index contributed by atoms with van der Waals surface area (Å²) in [4.78, 5) is 26.4. The van der Waals surface area contributed by atoms with Crippen molar-refractivity contribution in [2.24, 2.45) is 0 Å². The van der Waals surface area contributed by atoms with Crippen LogP contribution in [0.2, 0.25) is 0 Å². The van der Waals surface area contributed by atoms with Gasteiger partial charge in [0.15, 0.2) is 0 Å². The minimum Gasteiger partial charge on any atom is -0.497 e. The Bertz CT molecular complexity index is 841. The Kier molecular flexibility index (Phi) is 5.44. The van der Waals surface area contributed by atoms with E-state index in [1.54, 1.807) is 18.2 Å². The second-order valence-electron chi connectivity index (χ2n) is 5.97. The number of hydrogen-bond acceptors (Lipinski definition) is 4. The van der Waals surface area contributed by atoms with E-state index in [2.05, 4.69) is 10.6 Å². The summed E-state index contributed by atoms with van der Waals surface area (Å²) >= 11 is 0. The standard InChI is InChI=1S/C19H20FN3O4/c1-26-14-7-8-15(17(11-14)27-2)21-19(25)22-16-9-10-23(18(16)24)13-5-3-12(20)4-6-13/h3-8,11,16H,9-10H2,1-2H3,(H2,21,22,25). The van der Waals surface area contributed by atoms with Gasteiger partial charge in [0.25, 0.3) is 0 Å². The molecule has 1 fully saturated rings. The number of rotatable bonds is 5. The highest BCUT2D eigenvalue weighted by molar-refractivity contribution is 6.02. The predicted octanol–water partition coefficient (Wildman–Crippen LogP) is 2.77. The molecule has 1 aliphatic heterocycles. The lowest BCUT2D eigenvalue weighted by Crippen LogP contribution is -2.43. The van der Waals surface area contributed by atoms with E-state index in [4.69, 9.17) is 9.47 Å². The van der Waals surface area contributed by atoms with Crippen LogP contribution in [0.15, 0.2) is 42.5 Å². The smallest absolute Gasteiger partial charge is 0.319 e. The van der Waals surface area contributed by atoms with Crippen molar-refractivity contribution in [1.29, 1.82) is 0 Å². The Hall–Kier alpha value is -3.29. The maximum absolute atomic E-state index is 13.0. The first kappa shape index (κ1) is 18.5. The third-order valence-corrected chi connectivity index (χ3v) is 4.31. The predicted molar refractivity (Wildman–Crippen MR) is 98.9 cm³/mol. The topological polar surface area (TPSA) is 79.9 Å². The van der Waals surface area contributed by atoms with Crippen molar-refractivity contribution in [2.45, 2.75) is 12.5 Å². The van der Waals surface area contributed by atoms with Gasteiger partial charge in [0.1, 0.15) is 23.4 Å². The summed E-state index contributed by atoms with van der Waals surface area (Å²) in [5, 5.41) is 5.34. The molecule has 2 aromatic rings. The van der Waals surface area contributed by atoms with Crippen molar-refractivity contribution < 1.29 is 23.5 Å². The quantitative estimate of drug-likeness (QED) is 0.845. The largest absolute Gasteiger partial charge is 0.497 e. The lowest BCUT2D eigenvalue weighted by molar-refractivity contribution is -0.118. The van der Waals surface area contributed by atoms with E-state index in [0.717, 1.165) is 0 Å². The van der Waals surface area contributed by atoms with Gasteiger partial charge >= 0.3 is 6.03 Å². The second-order valence-corrected chi connectivity index (χ2v) is 5.97. The van der Waals surface area contributed by atoms with E-state index in [0.29, 0.717) is 35.8 Å². The molecule has 0 aromatic heterocycles. The zero-order valence-electron chi connectivity index (χ0n) is 15.0. The number of amides is 3. The molecule has 8 heteroatoms. The summed E-state index contributed by atoms with van der Waals surface area (Å²) in [5.74, 6) is 0.431. The first-order valence-corrected chi connectivity index (χ1v) is 8.38. The number of carbonyl (C=O) groups excluding carboxylic acids is 2. The van der Waals surface area contributed by atoms with E-state index < -0.39 is 12.1 Å². The van der Waals surface area contributed by atoms with Crippen LogP contribution in [0, 0.1) is 5.82 Å². The molecule has 1 unspecified atom stereocenters. The van der Waals surface area contributed by atoms with E-state index in [-0.39, 0.29) is 11.7 Å². The maximum atomic E-state index is 13.0. The van der Waals surface area contributed by atoms with Gasteiger partial charge in [0.05, 0.1) is 19.9 Å². The van der Waals surface area contributed by atoms with Crippen LogP contribution in [-0.2, 0) is 4.79 Å². The van der Waals surface area contributed by atoms with Gasteiger partial charge in [0.2, 0.25) is 5.91 Å². The Morgan fingerprint density at radius 2 is 1.89 bits per heavy atom. The van der Waals surface area contributed by atoms with Crippen molar-refractivity contribution in [3.8, 4) is 11.5 Å². The first-order valence-electron chi connectivity index (χ1n) is 8.38. The summed E-state index contributed by atoms with van der Waals surface area (Å²) in [5.41, 5.74) is 1.06. The molecule has 1 aliphatic rings. The first-order chi connectivity index (χ1) is 13.0. The molecule has 1 heterocycles. The highest BCUT2D eigenvalue weighted by Crippen LogP contribution is 2.29. The van der Waals surface area contributed by atoms with E-state index in [1.165, 1.54) is 43.4 Å². The molecule has 0 saturated carbocycles. The maximum Gasteiger partial charge on any atom is 0.319 e. The molecule has 27 heavy (non-hydrogen) atoms. The van der Waals surface area contributed by atoms with Gasteiger partial charge in [-0.2, -0.15) is 0 Å². The normalized spacial score (nSPS) is 16.2. The molecule has 0 aliphatic carbocycles. The SMILES string of the molecule is COc1ccc(NC(=O)NC2CCN(c3ccc(F)cc3)C2=O)c(OC)c1. The number of hydrogen-bond donors (Lipinski definition) is 2. The number of halogens is 1. The molecule has 7 nitrogen and oxygen atoms in total. The summed E-state index contributed by atoms with van der Waals surface area (Å²) in [7, 11) is 3.02. The van der Waals surface area contributed by atoms with Crippen LogP contribution in [0.25, 0.3) is 0 Å². The third kappa shape index (κ3) is 4.11. The van der Waals surface area contributed by atoms with Crippen LogP contribution in [-0.4, -0.2) is 38.7 Å². The molecule has 0 radical (unpaired) electrons. The zero-order valence-corrected chi connectivity index (χ0v) is 15.0. The molecule has 2 aromatic carbocycles. The lowest BCUT2D eigenvalue weighted by Gasteiger charge is -2.18. The average molecular weight is 373 g/mol. The fourth-order valence-electron chi connectivity index (χ4n) is 2.91. The van der Waals surface area contributed by atoms with Gasteiger partial charge in [-0.25, -0.2) is 9.18 Å². The Morgan fingerprint density at radius 1 is 1.15 bits per heavy atom. The van der Waals surface area contributed by atoms with Crippen molar-refractivity contribution >= 4 is 23.3 Å². The fourth-order valence-corrected chi connectivity index (χ4v) is 2.91. The highest BCUT2D eigenvalue weighted by atomic mass is 19.1. The minimum atomic E-state index is -0.653. The van der Waals surface area contributed by atoms with Crippen molar-refractivity contribution in [2.75, 3.05) is 31.0 Å². The summed E-state index contributed by atoms with van der Waals surface area (Å²) in [6.45, 7) is 0.446. The van der Waals surface area contributed by atoms with Gasteiger partial charge in [-0.3, -0.25) is 4.79 Å². The average Bonchev–Trinajstić information content (AvgIpc) is 3.03. The van der Waals surface area contributed by atoms with Gasteiger partial charge < -0.3 is 25.0 Å². The van der Waals surface area contributed by atoms with E-state index >= 15 is 0 Å². The minimum absolute atomic E-state index is 0.238. The monoisotopic (exact) mass is 373 g/mol. The van der Waals surface area contributed by atoms with Crippen LogP contribution in [0.4, 0.5) is 20.6 Å². The summed E-state index contributed by atoms with van der Waals surface area (Å²) in [6.07, 6.45) is 0.462. The molecule has 142 valence electrons. The van der Waals surface area contributed by atoms with E-state index in [9.17, 15) is 14.0 Å². The molecular formula is C19H20FN3O4. The van der Waals surface area contributed by atoms with Crippen LogP contribution in [0.5, 0.6) is 11.5 Å². The molecule has 0 spiro atoms. The van der Waals surface area contributed by atoms with Gasteiger partial charge in [-0.1, -0.05) is 0 Å². The van der Waals surface area contributed by atoms with E-state index in [1.807, 2.05) is 0 Å². The van der Waals surface area contributed by atoms with Crippen molar-refractivity contribution in [3.63, 3.8) is 0 Å². The fraction of sp³-hybridized carbons (Fsp3) is 0.263. The number of methoxy groups -OCH3 is 2. The van der Waals surface area contributed by atoms with Crippen molar-refractivity contribution in [1.82, 2.24) is 5.32 Å². The molecule has 3 rings (SSSR count). The van der Waals surface area contributed by atoms with Gasteiger partial charge in [0, 0.05) is 18.3 Å². The number of benzene rings is 2. The Balaban J connectivity index is 1.63. The van der Waals surface area contributed by atoms with Gasteiger partial charge in [-0.15, -0.1) is 0 Å². The van der Waals surface area contributed by atoms with Crippen LogP contribution in [0.1, 0.15) is 6.42 Å². The van der Waals surface area contributed by atoms with Crippen molar-refractivity contribution in [3.05, 3.63) is 48.3 Å². The van der Waals surface area contributed by atoms with Gasteiger partial charge in [-0.05, 0) is 42.8 Å². The molecule has 1 atom stereocenters. The third-order valence-electron chi connectivity index (χ3n) is 4.31. The number of carbonyl (C=O) groups is 2. The highest BCUT2D eigenvalue weighted by Gasteiger charge is 2.33. The number of nitrogens with zero attached hydrogens (tertiary/aromatic N) is 1. The molecule has 2 N–H and O–H groups in total. The lowest BCUT2D eigenvalue weighted by atomic mass is 10.2. The number of anilines is 2. The van der Waals surface area contributed by atoms with Crippen LogP contribution >= 0.6 is 0 Å². The number of ether oxygens (including phenoxy) is 2. The second kappa shape index (κ2) is 7.94. The Labute approximate surface area is 156 Å². The molecule has 0 bridgehead atoms. The van der Waals surface area contributed by atoms with Crippen LogP contribution in [0.3, 0.4) is 0 Å².